The highest BCUT2D eigenvalue weighted by Crippen LogP contribution is 2.39. The third-order valence-corrected chi connectivity index (χ3v) is 11.1. The molecule has 3 heterocycles. The Hall–Kier alpha value is -7.65. The number of anilines is 4. The second kappa shape index (κ2) is 24.6. The van der Waals surface area contributed by atoms with Gasteiger partial charge in [0.25, 0.3) is 5.91 Å². The van der Waals surface area contributed by atoms with Crippen LogP contribution in [-0.2, 0) is 20.0 Å². The Morgan fingerprint density at radius 2 is 1.12 bits per heavy atom. The maximum absolute atomic E-state index is 12.8. The zero-order chi connectivity index (χ0) is 48.2. The van der Waals surface area contributed by atoms with Crippen molar-refractivity contribution in [2.24, 2.45) is 10.3 Å². The number of imidazole rings is 1. The van der Waals surface area contributed by atoms with Crippen LogP contribution in [0, 0.1) is 0 Å². The van der Waals surface area contributed by atoms with Gasteiger partial charge in [0.05, 0.1) is 16.9 Å². The molecule has 0 spiro atoms. The van der Waals surface area contributed by atoms with Crippen LogP contribution in [0.1, 0.15) is 60.2 Å². The molecule has 3 aromatic heterocycles. The van der Waals surface area contributed by atoms with Crippen LogP contribution in [0.25, 0.3) is 0 Å². The third kappa shape index (κ3) is 15.5. The number of pyridine rings is 2. The predicted octanol–water partition coefficient (Wildman–Crippen LogP) is 7.29. The SMILES string of the molecule is CCCCNc1cc(C(=O)Nc2ccncc2)cc(S(N)(=O)=O)c1Oc1ccccc1.CCCCNc1cc(C(=O)n2cc[nH+]c2)cc(S(N)(=O)=O)c1Oc1ccccc1.Nc1ccncc1. The first-order valence-electron chi connectivity index (χ1n) is 21.0. The number of carbonyl (C=O) groups excluding carboxylic acids is 2. The minimum absolute atomic E-state index is 0.0465. The number of carbonyl (C=O) groups is 2. The van der Waals surface area contributed by atoms with Crippen LogP contribution in [0.3, 0.4) is 0 Å². The lowest BCUT2D eigenvalue weighted by molar-refractivity contribution is -0.376. The van der Waals surface area contributed by atoms with E-state index in [1.165, 1.54) is 29.2 Å². The first-order chi connectivity index (χ1) is 32.2. The number of nitrogens with zero attached hydrogens (tertiary/aromatic N) is 3. The third-order valence-electron chi connectivity index (χ3n) is 9.27. The number of amides is 1. The molecule has 0 radical (unpaired) electrons. The van der Waals surface area contributed by atoms with Crippen molar-refractivity contribution in [3.05, 3.63) is 164 Å². The second-order valence-electron chi connectivity index (χ2n) is 14.5. The first kappa shape index (κ1) is 50.4. The lowest BCUT2D eigenvalue weighted by Crippen LogP contribution is -2.18. The normalized spacial score (nSPS) is 10.9. The van der Waals surface area contributed by atoms with Gasteiger partial charge in [0, 0.05) is 54.8 Å². The van der Waals surface area contributed by atoms with Crippen molar-refractivity contribution in [1.82, 2.24) is 14.5 Å². The van der Waals surface area contributed by atoms with Crippen LogP contribution in [0.15, 0.2) is 162 Å². The predicted molar refractivity (Wildman–Crippen MR) is 257 cm³/mol. The fraction of sp³-hybridized carbons (Fsp3) is 0.170. The molecule has 4 aromatic carbocycles. The number of sulfonamides is 2. The van der Waals surface area contributed by atoms with E-state index in [0.29, 0.717) is 41.7 Å². The number of ether oxygens (including phenoxy) is 2. The van der Waals surface area contributed by atoms with E-state index in [0.717, 1.165) is 31.4 Å². The summed E-state index contributed by atoms with van der Waals surface area (Å²) in [5, 5.41) is 20.0. The molecule has 0 atom stereocenters. The molecular weight excluding hydrogens is 897 g/mol. The average Bonchev–Trinajstić information content (AvgIpc) is 3.86. The van der Waals surface area contributed by atoms with E-state index in [2.05, 4.69) is 30.9 Å². The van der Waals surface area contributed by atoms with Crippen LogP contribution in [0.5, 0.6) is 23.0 Å². The molecule has 0 aliphatic heterocycles. The van der Waals surface area contributed by atoms with Crippen LogP contribution in [0.2, 0.25) is 0 Å². The number of nitrogens with two attached hydrogens (primary N) is 3. The fourth-order valence-electron chi connectivity index (χ4n) is 5.93. The number of para-hydroxylation sites is 2. The lowest BCUT2D eigenvalue weighted by atomic mass is 10.1. The van der Waals surface area contributed by atoms with Crippen LogP contribution in [-0.4, -0.2) is 56.3 Å². The number of H-pyrrole nitrogens is 1. The Labute approximate surface area is 389 Å². The molecule has 0 bridgehead atoms. The van der Waals surface area contributed by atoms with Crippen molar-refractivity contribution in [2.45, 2.75) is 49.3 Å². The molecule has 0 aliphatic rings. The summed E-state index contributed by atoms with van der Waals surface area (Å²) in [6, 6.07) is 29.9. The van der Waals surface area contributed by atoms with Gasteiger partial charge < -0.3 is 31.2 Å². The molecule has 350 valence electrons. The number of unbranched alkanes of at least 4 members (excludes halogenated alkanes) is 2. The van der Waals surface area contributed by atoms with Crippen molar-refractivity contribution >= 4 is 54.6 Å². The summed E-state index contributed by atoms with van der Waals surface area (Å²) in [6.07, 6.45) is 14.6. The Morgan fingerprint density at radius 3 is 1.54 bits per heavy atom. The van der Waals surface area contributed by atoms with E-state index >= 15 is 0 Å². The highest BCUT2D eigenvalue weighted by molar-refractivity contribution is 7.89. The number of rotatable bonds is 17. The summed E-state index contributed by atoms with van der Waals surface area (Å²) in [4.78, 5) is 35.5. The number of hydrogen-bond acceptors (Lipinski definition) is 13. The molecule has 0 aliphatic carbocycles. The van der Waals surface area contributed by atoms with Crippen LogP contribution < -0.4 is 46.4 Å². The molecule has 7 aromatic rings. The van der Waals surface area contributed by atoms with Crippen molar-refractivity contribution in [3.8, 4) is 23.0 Å². The van der Waals surface area contributed by atoms with Gasteiger partial charge in [0.2, 0.25) is 26.4 Å². The van der Waals surface area contributed by atoms with Gasteiger partial charge in [-0.3, -0.25) is 14.8 Å². The van der Waals surface area contributed by atoms with Gasteiger partial charge in [-0.15, -0.1) is 0 Å². The van der Waals surface area contributed by atoms with Crippen LogP contribution >= 0.6 is 0 Å². The van der Waals surface area contributed by atoms with E-state index in [1.54, 1.807) is 116 Å². The van der Waals surface area contributed by atoms with E-state index in [-0.39, 0.29) is 32.4 Å². The smallest absolute Gasteiger partial charge is 0.345 e. The minimum atomic E-state index is -4.19. The van der Waals surface area contributed by atoms with E-state index in [9.17, 15) is 26.4 Å². The molecular formula is C47H53N10O8S2+. The summed E-state index contributed by atoms with van der Waals surface area (Å²) in [6.45, 7) is 5.24. The Balaban J connectivity index is 0.000000219. The maximum atomic E-state index is 12.8. The minimum Gasteiger partial charge on any atom is -0.454 e. The number of hydrogen-bond donors (Lipinski definition) is 6. The Bertz CT molecular complexity index is 2900. The lowest BCUT2D eigenvalue weighted by Gasteiger charge is -2.18. The van der Waals surface area contributed by atoms with E-state index in [1.807, 2.05) is 26.0 Å². The first-order valence-corrected chi connectivity index (χ1v) is 24.1. The summed E-state index contributed by atoms with van der Waals surface area (Å²) in [5.74, 6) is 0.118. The van der Waals surface area contributed by atoms with Gasteiger partial charge in [0.15, 0.2) is 11.5 Å². The second-order valence-corrected chi connectivity index (χ2v) is 17.5. The number of nitrogen functional groups attached to an aromatic ring is 1. The molecule has 0 saturated carbocycles. The molecule has 67 heavy (non-hydrogen) atoms. The van der Waals surface area contributed by atoms with Gasteiger partial charge in [0.1, 0.15) is 33.7 Å². The monoisotopic (exact) mass is 949 g/mol. The van der Waals surface area contributed by atoms with Crippen molar-refractivity contribution in [3.63, 3.8) is 0 Å². The average molecular weight is 950 g/mol. The summed E-state index contributed by atoms with van der Waals surface area (Å²) in [7, 11) is -8.36. The fourth-order valence-corrected chi connectivity index (χ4v) is 7.34. The molecule has 1 amide bonds. The summed E-state index contributed by atoms with van der Waals surface area (Å²) >= 11 is 0. The summed E-state index contributed by atoms with van der Waals surface area (Å²) < 4.78 is 62.5. The Kier molecular flexibility index (Phi) is 18.5. The van der Waals surface area contributed by atoms with E-state index in [4.69, 9.17) is 25.5 Å². The largest absolute Gasteiger partial charge is 0.454 e. The van der Waals surface area contributed by atoms with Gasteiger partial charge in [-0.25, -0.2) is 36.9 Å². The number of benzene rings is 4. The molecule has 0 saturated heterocycles. The van der Waals surface area contributed by atoms with Crippen molar-refractivity contribution in [1.29, 1.82) is 0 Å². The highest BCUT2D eigenvalue weighted by atomic mass is 32.2. The number of aromatic amines is 1. The molecule has 10 N–H and O–H groups in total. The zero-order valence-corrected chi connectivity index (χ0v) is 38.5. The number of nitrogens with one attached hydrogen (secondary N) is 4. The summed E-state index contributed by atoms with van der Waals surface area (Å²) in [5.41, 5.74) is 7.64. The van der Waals surface area contributed by atoms with Crippen molar-refractivity contribution < 1.29 is 40.9 Å². The molecule has 7 rings (SSSR count). The van der Waals surface area contributed by atoms with Gasteiger partial charge >= 0.3 is 5.91 Å². The Morgan fingerprint density at radius 1 is 0.657 bits per heavy atom. The quantitative estimate of drug-likeness (QED) is 0.0490. The van der Waals surface area contributed by atoms with E-state index < -0.39 is 31.9 Å². The van der Waals surface area contributed by atoms with Crippen molar-refractivity contribution in [2.75, 3.05) is 34.8 Å². The number of aromatic nitrogens is 4. The number of primary sulfonamides is 2. The molecule has 0 unspecified atom stereocenters. The molecule has 18 nitrogen and oxygen atoms in total. The van der Waals surface area contributed by atoms with Crippen LogP contribution in [0.4, 0.5) is 22.7 Å². The topological polar surface area (TPSA) is 280 Å². The maximum Gasteiger partial charge on any atom is 0.345 e. The zero-order valence-electron chi connectivity index (χ0n) is 36.8. The molecule has 0 fully saturated rings. The van der Waals surface area contributed by atoms with Gasteiger partial charge in [-0.1, -0.05) is 63.1 Å². The molecule has 20 heteroatoms. The highest BCUT2D eigenvalue weighted by Gasteiger charge is 2.26. The standard InChI is InChI=1S/C22H24N4O4S.C20H22N4O4S.C5H6N2/c1-2-3-11-25-19-14-16(22(27)26-17-9-12-24-13-10-17)15-20(31(23,28)29)21(19)30-18-7-5-4-6-8-18;1-2-3-9-23-17-12-15(20(25)24-11-10-22-14-24)13-18(29(21,26)27)19(17)28-16-7-5-4-6-8-16;6-5-1-3-7-4-2-5/h4-10,12-15,25H,2-3,11H2,1H3,(H2,23,28,29)(H,24,26,27);4-8,10-14,23H,2-3,9H2,1H3,(H2,21,26,27);1-4H,(H2,6,7)/p+1. The van der Waals surface area contributed by atoms with Gasteiger partial charge in [-0.05, 0) is 85.6 Å². The van der Waals surface area contributed by atoms with Gasteiger partial charge in [-0.2, -0.15) is 4.57 Å².